The van der Waals surface area contributed by atoms with Crippen LogP contribution in [0.1, 0.15) is 19.4 Å². The first-order valence-electron chi connectivity index (χ1n) is 5.61. The number of carbonyl (C=O) groups is 1. The number of rotatable bonds is 4. The van der Waals surface area contributed by atoms with Crippen molar-refractivity contribution in [2.45, 2.75) is 13.8 Å². The fraction of sp³-hybridized carbons (Fsp3) is 0.286. The Morgan fingerprint density at radius 2 is 2.17 bits per heavy atom. The first-order chi connectivity index (χ1) is 8.54. The van der Waals surface area contributed by atoms with Gasteiger partial charge in [-0.05, 0) is 18.1 Å². The molecular weight excluding hydrogens is 230 g/mol. The normalized spacial score (nSPS) is 11.1. The van der Waals surface area contributed by atoms with Crippen molar-refractivity contribution in [3.8, 4) is 11.8 Å². The Bertz CT molecular complexity index is 498. The van der Waals surface area contributed by atoms with Crippen molar-refractivity contribution in [2.75, 3.05) is 6.61 Å². The monoisotopic (exact) mass is 245 g/mol. The van der Waals surface area contributed by atoms with Crippen molar-refractivity contribution in [1.29, 1.82) is 5.26 Å². The van der Waals surface area contributed by atoms with Crippen LogP contribution in [0.2, 0.25) is 0 Å². The molecule has 4 nitrogen and oxygen atoms in total. The molecule has 0 saturated heterocycles. The molecule has 0 heterocycles. The molecule has 0 unspecified atom stereocenters. The van der Waals surface area contributed by atoms with Gasteiger partial charge in [-0.15, -0.1) is 0 Å². The lowest BCUT2D eigenvalue weighted by atomic mass is 10.1. The molecular formula is C14H15NO3. The summed E-state index contributed by atoms with van der Waals surface area (Å²) in [5, 5.41) is 18.6. The van der Waals surface area contributed by atoms with Gasteiger partial charge in [-0.2, -0.15) is 5.26 Å². The van der Waals surface area contributed by atoms with Gasteiger partial charge >= 0.3 is 5.97 Å². The Labute approximate surface area is 106 Å². The summed E-state index contributed by atoms with van der Waals surface area (Å²) in [6.07, 6.45) is 1.09. The lowest BCUT2D eigenvalue weighted by Gasteiger charge is -2.05. The van der Waals surface area contributed by atoms with Crippen molar-refractivity contribution in [3.05, 3.63) is 35.9 Å². The largest absolute Gasteiger partial charge is 0.507 e. The number of allylic oxidation sites excluding steroid dienone is 1. The highest BCUT2D eigenvalue weighted by molar-refractivity contribution is 5.96. The Morgan fingerprint density at radius 1 is 1.50 bits per heavy atom. The number of aromatic hydroxyl groups is 1. The molecule has 1 aromatic rings. The molecule has 0 aliphatic carbocycles. The number of esters is 1. The molecule has 0 saturated carbocycles. The second-order valence-electron chi connectivity index (χ2n) is 4.21. The first-order valence-corrected chi connectivity index (χ1v) is 5.61. The van der Waals surface area contributed by atoms with Gasteiger partial charge in [0.25, 0.3) is 0 Å². The Morgan fingerprint density at radius 3 is 2.72 bits per heavy atom. The second-order valence-corrected chi connectivity index (χ2v) is 4.21. The molecule has 1 rings (SSSR count). The van der Waals surface area contributed by atoms with Gasteiger partial charge in [0.2, 0.25) is 0 Å². The molecule has 0 amide bonds. The summed E-state index contributed by atoms with van der Waals surface area (Å²) in [5.74, 6) is -0.386. The van der Waals surface area contributed by atoms with Gasteiger partial charge in [0.05, 0.1) is 12.2 Å². The minimum Gasteiger partial charge on any atom is -0.507 e. The molecule has 0 bridgehead atoms. The van der Waals surface area contributed by atoms with Crippen molar-refractivity contribution >= 4 is 11.5 Å². The zero-order valence-corrected chi connectivity index (χ0v) is 10.4. The number of carbonyl (C=O) groups excluding carboxylic acids is 1. The highest BCUT2D eigenvalue weighted by Crippen LogP contribution is 2.23. The maximum atomic E-state index is 11.5. The molecule has 0 aliphatic heterocycles. The van der Waals surface area contributed by atoms with Crippen LogP contribution >= 0.6 is 0 Å². The molecule has 0 aromatic heterocycles. The molecule has 18 heavy (non-hydrogen) atoms. The Kier molecular flexibility index (Phi) is 4.94. The van der Waals surface area contributed by atoms with Crippen molar-refractivity contribution in [1.82, 2.24) is 0 Å². The van der Waals surface area contributed by atoms with E-state index in [0.29, 0.717) is 12.2 Å². The number of hydrogen-bond acceptors (Lipinski definition) is 4. The minimum absolute atomic E-state index is 0.0399. The Balaban J connectivity index is 2.88. The molecule has 4 heteroatoms. The summed E-state index contributed by atoms with van der Waals surface area (Å²) in [4.78, 5) is 11.5. The number of ether oxygens (including phenoxy) is 1. The number of phenols is 1. The van der Waals surface area contributed by atoms with Crippen LogP contribution in [0.3, 0.4) is 0 Å². The topological polar surface area (TPSA) is 70.3 Å². The third-order valence-corrected chi connectivity index (χ3v) is 2.14. The average Bonchev–Trinajstić information content (AvgIpc) is 2.34. The zero-order valence-electron chi connectivity index (χ0n) is 10.4. The number of para-hydroxylation sites is 1. The van der Waals surface area contributed by atoms with Gasteiger partial charge in [-0.3, -0.25) is 0 Å². The van der Waals surface area contributed by atoms with Crippen LogP contribution in [0.15, 0.2) is 30.3 Å². The smallest absolute Gasteiger partial charge is 0.332 e. The molecule has 0 spiro atoms. The second kappa shape index (κ2) is 6.45. The molecule has 0 atom stereocenters. The van der Waals surface area contributed by atoms with Crippen molar-refractivity contribution < 1.29 is 14.6 Å². The van der Waals surface area contributed by atoms with E-state index in [2.05, 4.69) is 0 Å². The fourth-order valence-corrected chi connectivity index (χ4v) is 1.28. The highest BCUT2D eigenvalue weighted by Gasteiger charge is 2.09. The third kappa shape index (κ3) is 3.95. The molecule has 94 valence electrons. The van der Waals surface area contributed by atoms with Gasteiger partial charge < -0.3 is 9.84 Å². The summed E-state index contributed by atoms with van der Waals surface area (Å²) in [7, 11) is 0. The van der Waals surface area contributed by atoms with E-state index in [0.717, 1.165) is 6.08 Å². The number of hydrogen-bond donors (Lipinski definition) is 1. The van der Waals surface area contributed by atoms with Crippen LogP contribution in [-0.2, 0) is 9.53 Å². The van der Waals surface area contributed by atoms with Gasteiger partial charge in [-0.25, -0.2) is 4.79 Å². The van der Waals surface area contributed by atoms with E-state index in [1.165, 1.54) is 6.07 Å². The van der Waals surface area contributed by atoms with E-state index < -0.39 is 5.97 Å². The number of phenolic OH excluding ortho intramolecular Hbond substituents is 1. The van der Waals surface area contributed by atoms with E-state index in [1.54, 1.807) is 18.2 Å². The number of nitrogens with zero attached hydrogens (tertiary/aromatic N) is 1. The summed E-state index contributed by atoms with van der Waals surface area (Å²) >= 11 is 0. The Hall–Kier alpha value is -2.28. The summed E-state index contributed by atoms with van der Waals surface area (Å²) in [6, 6.07) is 8.23. The van der Waals surface area contributed by atoms with Crippen LogP contribution in [0.5, 0.6) is 5.75 Å². The quantitative estimate of drug-likeness (QED) is 0.502. The maximum Gasteiger partial charge on any atom is 0.332 e. The van der Waals surface area contributed by atoms with Crippen LogP contribution in [0, 0.1) is 17.2 Å². The molecule has 1 aromatic carbocycles. The molecule has 0 fully saturated rings. The number of nitriles is 1. The molecule has 1 N–H and O–H groups in total. The zero-order chi connectivity index (χ0) is 13.5. The lowest BCUT2D eigenvalue weighted by molar-refractivity contribution is -0.138. The summed E-state index contributed by atoms with van der Waals surface area (Å²) in [5.41, 5.74) is 0.406. The molecule has 0 radical (unpaired) electrons. The number of benzene rings is 1. The highest BCUT2D eigenvalue weighted by atomic mass is 16.5. The van der Waals surface area contributed by atoms with Crippen LogP contribution in [0.4, 0.5) is 0 Å². The van der Waals surface area contributed by atoms with E-state index in [4.69, 9.17) is 10.00 Å². The summed E-state index contributed by atoms with van der Waals surface area (Å²) in [6.45, 7) is 4.14. The minimum atomic E-state index is -0.580. The lowest BCUT2D eigenvalue weighted by Crippen LogP contribution is -2.07. The van der Waals surface area contributed by atoms with E-state index in [-0.39, 0.29) is 17.2 Å². The van der Waals surface area contributed by atoms with Crippen LogP contribution in [0.25, 0.3) is 5.57 Å². The maximum absolute atomic E-state index is 11.5. The molecule has 0 aliphatic rings. The van der Waals surface area contributed by atoms with Crippen molar-refractivity contribution in [3.63, 3.8) is 0 Å². The van der Waals surface area contributed by atoms with E-state index in [9.17, 15) is 9.90 Å². The van der Waals surface area contributed by atoms with Gasteiger partial charge in [-0.1, -0.05) is 26.0 Å². The van der Waals surface area contributed by atoms with E-state index >= 15 is 0 Å². The predicted molar refractivity (Wildman–Crippen MR) is 67.5 cm³/mol. The predicted octanol–water partition coefficient (Wildman–Crippen LogP) is 2.50. The summed E-state index contributed by atoms with van der Waals surface area (Å²) < 4.78 is 4.95. The fourth-order valence-electron chi connectivity index (χ4n) is 1.28. The van der Waals surface area contributed by atoms with Gasteiger partial charge in [0.1, 0.15) is 11.8 Å². The van der Waals surface area contributed by atoms with Crippen LogP contribution < -0.4 is 0 Å². The van der Waals surface area contributed by atoms with Crippen LogP contribution in [-0.4, -0.2) is 17.7 Å². The standard InChI is InChI=1S/C14H15NO3/c1-10(2)9-18-14(17)7-11(8-15)12-5-3-4-6-13(12)16/h3-7,10,16H,9H2,1-2H3. The van der Waals surface area contributed by atoms with Gasteiger partial charge in [0, 0.05) is 11.6 Å². The van der Waals surface area contributed by atoms with Gasteiger partial charge in [0.15, 0.2) is 0 Å². The van der Waals surface area contributed by atoms with E-state index in [1.807, 2.05) is 19.9 Å². The SMILES string of the molecule is CC(C)COC(=O)C=C(C#N)c1ccccc1O. The van der Waals surface area contributed by atoms with Crippen molar-refractivity contribution in [2.24, 2.45) is 5.92 Å². The average molecular weight is 245 g/mol. The third-order valence-electron chi connectivity index (χ3n) is 2.14. The first kappa shape index (κ1) is 13.8.